The minimum Gasteiger partial charge on any atom is -0.494 e. The van der Waals surface area contributed by atoms with Gasteiger partial charge in [0.05, 0.1) is 19.2 Å². The van der Waals surface area contributed by atoms with Crippen LogP contribution in [-0.2, 0) is 11.2 Å². The summed E-state index contributed by atoms with van der Waals surface area (Å²) in [5.41, 5.74) is 4.33. The van der Waals surface area contributed by atoms with Crippen LogP contribution < -0.4 is 10.2 Å². The lowest BCUT2D eigenvalue weighted by Crippen LogP contribution is -2.20. The van der Waals surface area contributed by atoms with Crippen molar-refractivity contribution < 1.29 is 9.53 Å². The highest BCUT2D eigenvalue weighted by molar-refractivity contribution is 7.98. The number of carbonyl (C=O) groups is 1. The zero-order valence-electron chi connectivity index (χ0n) is 14.3. The average Bonchev–Trinajstić information content (AvgIpc) is 2.61. The number of carbonyl (C=O) groups excluding carboxylic acids is 1. The molecule has 1 N–H and O–H groups in total. The van der Waals surface area contributed by atoms with Crippen molar-refractivity contribution in [2.24, 2.45) is 5.10 Å². The standard InChI is InChI=1S/C19H21ClN2O2S/c1-3-10-24-17-7-4-14(5-8-17)13-21-22-19(23)12-15-11-16(20)6-9-18(15)25-2/h4-9,11,13H,3,10,12H2,1-2H3,(H,22,23)/b21-13-. The molecular formula is C19H21ClN2O2S. The van der Waals surface area contributed by atoms with Gasteiger partial charge in [0.2, 0.25) is 5.91 Å². The van der Waals surface area contributed by atoms with Crippen molar-refractivity contribution in [3.63, 3.8) is 0 Å². The number of rotatable bonds is 8. The van der Waals surface area contributed by atoms with Gasteiger partial charge in [0.25, 0.3) is 0 Å². The normalized spacial score (nSPS) is 10.8. The molecule has 6 heteroatoms. The Morgan fingerprint density at radius 1 is 1.28 bits per heavy atom. The minimum atomic E-state index is -0.184. The first kappa shape index (κ1) is 19.3. The fourth-order valence-corrected chi connectivity index (χ4v) is 2.94. The molecule has 0 aliphatic carbocycles. The summed E-state index contributed by atoms with van der Waals surface area (Å²) in [5, 5.41) is 4.62. The number of thioether (sulfide) groups is 1. The van der Waals surface area contributed by atoms with Crippen molar-refractivity contribution in [3.05, 3.63) is 58.6 Å². The maximum atomic E-state index is 12.1. The predicted molar refractivity (Wildman–Crippen MR) is 105 cm³/mol. The molecule has 0 saturated carbocycles. The van der Waals surface area contributed by atoms with Crippen LogP contribution in [0.15, 0.2) is 52.5 Å². The number of hydrogen-bond donors (Lipinski definition) is 1. The van der Waals surface area contributed by atoms with E-state index in [0.29, 0.717) is 11.6 Å². The van der Waals surface area contributed by atoms with Gasteiger partial charge in [0.15, 0.2) is 0 Å². The summed E-state index contributed by atoms with van der Waals surface area (Å²) in [7, 11) is 0. The van der Waals surface area contributed by atoms with Gasteiger partial charge >= 0.3 is 0 Å². The van der Waals surface area contributed by atoms with E-state index in [9.17, 15) is 4.79 Å². The molecule has 2 aromatic rings. The number of nitrogens with one attached hydrogen (secondary N) is 1. The minimum absolute atomic E-state index is 0.184. The van der Waals surface area contributed by atoms with Gasteiger partial charge in [-0.3, -0.25) is 4.79 Å². The SMILES string of the molecule is CCCOc1ccc(/C=N\NC(=O)Cc2cc(Cl)ccc2SC)cc1. The first-order chi connectivity index (χ1) is 12.1. The van der Waals surface area contributed by atoms with E-state index in [1.165, 1.54) is 0 Å². The third kappa shape index (κ3) is 6.44. The molecule has 0 bridgehead atoms. The van der Waals surface area contributed by atoms with E-state index in [2.05, 4.69) is 17.5 Å². The van der Waals surface area contributed by atoms with E-state index in [4.69, 9.17) is 16.3 Å². The Balaban J connectivity index is 1.89. The zero-order valence-corrected chi connectivity index (χ0v) is 15.9. The molecule has 1 amide bonds. The maximum absolute atomic E-state index is 12.1. The highest BCUT2D eigenvalue weighted by atomic mass is 35.5. The number of nitrogens with zero attached hydrogens (tertiary/aromatic N) is 1. The third-order valence-electron chi connectivity index (χ3n) is 3.35. The van der Waals surface area contributed by atoms with Crippen molar-refractivity contribution in [2.45, 2.75) is 24.7 Å². The number of halogens is 1. The molecule has 0 heterocycles. The highest BCUT2D eigenvalue weighted by Crippen LogP contribution is 2.24. The topological polar surface area (TPSA) is 50.7 Å². The summed E-state index contributed by atoms with van der Waals surface area (Å²) in [4.78, 5) is 13.1. The lowest BCUT2D eigenvalue weighted by atomic mass is 10.1. The van der Waals surface area contributed by atoms with Crippen LogP contribution in [0.4, 0.5) is 0 Å². The van der Waals surface area contributed by atoms with Crippen LogP contribution in [0.5, 0.6) is 5.75 Å². The second-order valence-corrected chi connectivity index (χ2v) is 6.63. The predicted octanol–water partition coefficient (Wildman–Crippen LogP) is 4.54. The summed E-state index contributed by atoms with van der Waals surface area (Å²) in [6.45, 7) is 2.76. The second kappa shape index (κ2) is 10.1. The highest BCUT2D eigenvalue weighted by Gasteiger charge is 2.08. The summed E-state index contributed by atoms with van der Waals surface area (Å²) in [5.74, 6) is 0.644. The van der Waals surface area contributed by atoms with E-state index in [1.807, 2.05) is 48.7 Å². The van der Waals surface area contributed by atoms with Gasteiger partial charge in [-0.15, -0.1) is 11.8 Å². The fourth-order valence-electron chi connectivity index (χ4n) is 2.15. The molecule has 0 aliphatic heterocycles. The fraction of sp³-hybridized carbons (Fsp3) is 0.263. The van der Waals surface area contributed by atoms with Gasteiger partial charge in [-0.1, -0.05) is 18.5 Å². The molecule has 0 saturated heterocycles. The Kier molecular flexibility index (Phi) is 7.82. The Morgan fingerprint density at radius 3 is 2.72 bits per heavy atom. The monoisotopic (exact) mass is 376 g/mol. The molecule has 0 aliphatic rings. The molecule has 4 nitrogen and oxygen atoms in total. The van der Waals surface area contributed by atoms with Gasteiger partial charge in [0, 0.05) is 9.92 Å². The molecule has 0 fully saturated rings. The molecule has 0 unspecified atom stereocenters. The Hall–Kier alpha value is -1.98. The first-order valence-corrected chi connectivity index (χ1v) is 9.60. The number of hydrazone groups is 1. The molecule has 132 valence electrons. The summed E-state index contributed by atoms with van der Waals surface area (Å²) >= 11 is 7.59. The van der Waals surface area contributed by atoms with Crippen LogP contribution in [0.2, 0.25) is 5.02 Å². The molecule has 0 aromatic heterocycles. The smallest absolute Gasteiger partial charge is 0.244 e. The first-order valence-electron chi connectivity index (χ1n) is 7.99. The Bertz CT molecular complexity index is 733. The molecule has 2 rings (SSSR count). The number of benzene rings is 2. The molecule has 25 heavy (non-hydrogen) atoms. The lowest BCUT2D eigenvalue weighted by molar-refractivity contribution is -0.120. The van der Waals surface area contributed by atoms with Crippen LogP contribution in [0.1, 0.15) is 24.5 Å². The van der Waals surface area contributed by atoms with Gasteiger partial charge < -0.3 is 4.74 Å². The number of amides is 1. The van der Waals surface area contributed by atoms with Crippen LogP contribution in [0.3, 0.4) is 0 Å². The van der Waals surface area contributed by atoms with Crippen molar-refractivity contribution in [1.29, 1.82) is 0 Å². The van der Waals surface area contributed by atoms with Gasteiger partial charge in [-0.05, 0) is 66.3 Å². The van der Waals surface area contributed by atoms with Crippen LogP contribution in [-0.4, -0.2) is 25.0 Å². The molecule has 0 radical (unpaired) electrons. The van der Waals surface area contributed by atoms with Crippen molar-refractivity contribution in [2.75, 3.05) is 12.9 Å². The van der Waals surface area contributed by atoms with E-state index >= 15 is 0 Å². The quantitative estimate of drug-likeness (QED) is 0.418. The van der Waals surface area contributed by atoms with E-state index < -0.39 is 0 Å². The Morgan fingerprint density at radius 2 is 2.04 bits per heavy atom. The van der Waals surface area contributed by atoms with Crippen molar-refractivity contribution >= 4 is 35.5 Å². The molecule has 0 spiro atoms. The number of hydrogen-bond acceptors (Lipinski definition) is 4. The Labute approximate surface area is 157 Å². The van der Waals surface area contributed by atoms with Gasteiger partial charge in [-0.25, -0.2) is 5.43 Å². The average molecular weight is 377 g/mol. The molecule has 2 aromatic carbocycles. The van der Waals surface area contributed by atoms with Crippen molar-refractivity contribution in [1.82, 2.24) is 5.43 Å². The molecule has 0 atom stereocenters. The second-order valence-electron chi connectivity index (χ2n) is 5.34. The van der Waals surface area contributed by atoms with E-state index in [-0.39, 0.29) is 12.3 Å². The number of ether oxygens (including phenoxy) is 1. The lowest BCUT2D eigenvalue weighted by Gasteiger charge is -2.07. The summed E-state index contributed by atoms with van der Waals surface area (Å²) < 4.78 is 5.52. The van der Waals surface area contributed by atoms with E-state index in [1.54, 1.807) is 18.0 Å². The summed E-state index contributed by atoms with van der Waals surface area (Å²) in [6, 6.07) is 13.1. The van der Waals surface area contributed by atoms with Gasteiger partial charge in [-0.2, -0.15) is 5.10 Å². The summed E-state index contributed by atoms with van der Waals surface area (Å²) in [6.07, 6.45) is 4.78. The van der Waals surface area contributed by atoms with Crippen LogP contribution in [0.25, 0.3) is 0 Å². The van der Waals surface area contributed by atoms with Gasteiger partial charge in [0.1, 0.15) is 5.75 Å². The zero-order chi connectivity index (χ0) is 18.1. The van der Waals surface area contributed by atoms with Crippen LogP contribution >= 0.6 is 23.4 Å². The largest absolute Gasteiger partial charge is 0.494 e. The molecular weight excluding hydrogens is 356 g/mol. The third-order valence-corrected chi connectivity index (χ3v) is 4.42. The van der Waals surface area contributed by atoms with E-state index in [0.717, 1.165) is 28.2 Å². The maximum Gasteiger partial charge on any atom is 0.244 e. The van der Waals surface area contributed by atoms with Crippen LogP contribution in [0, 0.1) is 0 Å². The van der Waals surface area contributed by atoms with Crippen molar-refractivity contribution in [3.8, 4) is 5.75 Å².